The first-order valence-electron chi connectivity index (χ1n) is 9.34. The third kappa shape index (κ3) is 4.96. The summed E-state index contributed by atoms with van der Waals surface area (Å²) in [7, 11) is -3.82. The Kier molecular flexibility index (Phi) is 5.79. The molecule has 3 aromatic carbocycles. The molecule has 9 heteroatoms. The quantitative estimate of drug-likeness (QED) is 0.281. The van der Waals surface area contributed by atoms with E-state index in [1.165, 1.54) is 24.3 Å². The second kappa shape index (κ2) is 8.66. The zero-order chi connectivity index (χ0) is 21.8. The molecule has 1 aromatic heterocycles. The molecule has 1 heterocycles. The summed E-state index contributed by atoms with van der Waals surface area (Å²) < 4.78 is 28.0. The van der Waals surface area contributed by atoms with E-state index >= 15 is 0 Å². The average Bonchev–Trinajstić information content (AvgIpc) is 3.16. The van der Waals surface area contributed by atoms with Crippen LogP contribution in [0.4, 0.5) is 21.5 Å². The maximum absolute atomic E-state index is 12.7. The number of aryl methyl sites for hydroxylation is 1. The standard InChI is InChI=1S/C22H19N5O2S2/c1-15-7-11-18(12-8-15)25-26-21-20(16-5-3-2-4-6-16)24-22(30-21)27-31(28,29)19-13-9-17(23)10-14-19/h2-14H,23H2,1H3,(H,24,27). The Morgan fingerprint density at radius 1 is 0.903 bits per heavy atom. The second-order valence-corrected chi connectivity index (χ2v) is 9.41. The van der Waals surface area contributed by atoms with Gasteiger partial charge in [0, 0.05) is 11.3 Å². The van der Waals surface area contributed by atoms with Gasteiger partial charge in [-0.25, -0.2) is 13.4 Å². The maximum Gasteiger partial charge on any atom is 0.263 e. The van der Waals surface area contributed by atoms with Crippen LogP contribution in [-0.4, -0.2) is 13.4 Å². The molecule has 0 spiro atoms. The van der Waals surface area contributed by atoms with Gasteiger partial charge in [-0.2, -0.15) is 0 Å². The van der Waals surface area contributed by atoms with Gasteiger partial charge in [-0.3, -0.25) is 4.72 Å². The number of rotatable bonds is 6. The van der Waals surface area contributed by atoms with Gasteiger partial charge in [0.15, 0.2) is 10.1 Å². The van der Waals surface area contributed by atoms with E-state index in [1.807, 2.05) is 61.5 Å². The topological polar surface area (TPSA) is 110 Å². The van der Waals surface area contributed by atoms with Gasteiger partial charge < -0.3 is 5.73 Å². The molecule has 0 saturated carbocycles. The van der Waals surface area contributed by atoms with E-state index in [1.54, 1.807) is 0 Å². The third-order valence-electron chi connectivity index (χ3n) is 4.36. The number of nitrogens with zero attached hydrogens (tertiary/aromatic N) is 3. The first kappa shape index (κ1) is 20.7. The Morgan fingerprint density at radius 2 is 1.58 bits per heavy atom. The van der Waals surface area contributed by atoms with E-state index in [-0.39, 0.29) is 10.0 Å². The SMILES string of the molecule is Cc1ccc(N=Nc2sc(NS(=O)(=O)c3ccc(N)cc3)nc2-c2ccccc2)cc1. The smallest absolute Gasteiger partial charge is 0.263 e. The lowest BCUT2D eigenvalue weighted by Crippen LogP contribution is -2.12. The molecule has 156 valence electrons. The highest BCUT2D eigenvalue weighted by Crippen LogP contribution is 2.39. The Morgan fingerprint density at radius 3 is 2.26 bits per heavy atom. The summed E-state index contributed by atoms with van der Waals surface area (Å²) in [5, 5.41) is 9.34. The number of nitrogen functional groups attached to an aromatic ring is 1. The van der Waals surface area contributed by atoms with Crippen LogP contribution in [0.15, 0.2) is 94.0 Å². The number of hydrogen-bond donors (Lipinski definition) is 2. The van der Waals surface area contributed by atoms with Crippen molar-refractivity contribution in [1.82, 2.24) is 4.98 Å². The predicted molar refractivity (Wildman–Crippen MR) is 125 cm³/mol. The van der Waals surface area contributed by atoms with Crippen LogP contribution in [0, 0.1) is 6.92 Å². The van der Waals surface area contributed by atoms with Crippen molar-refractivity contribution >= 4 is 42.9 Å². The van der Waals surface area contributed by atoms with Gasteiger partial charge in [0.05, 0.1) is 10.6 Å². The van der Waals surface area contributed by atoms with Gasteiger partial charge >= 0.3 is 0 Å². The average molecular weight is 450 g/mol. The van der Waals surface area contributed by atoms with E-state index in [4.69, 9.17) is 5.73 Å². The molecular formula is C22H19N5O2S2. The molecule has 4 aromatic rings. The summed E-state index contributed by atoms with van der Waals surface area (Å²) in [6.45, 7) is 2.00. The highest BCUT2D eigenvalue weighted by molar-refractivity contribution is 7.93. The zero-order valence-corrected chi connectivity index (χ0v) is 18.2. The van der Waals surface area contributed by atoms with E-state index in [0.717, 1.165) is 22.5 Å². The van der Waals surface area contributed by atoms with Crippen LogP contribution in [0.2, 0.25) is 0 Å². The fraction of sp³-hybridized carbons (Fsp3) is 0.0455. The van der Waals surface area contributed by atoms with Crippen molar-refractivity contribution in [3.63, 3.8) is 0 Å². The van der Waals surface area contributed by atoms with Crippen molar-refractivity contribution in [3.8, 4) is 11.3 Å². The van der Waals surface area contributed by atoms with E-state index in [2.05, 4.69) is 19.9 Å². The Balaban J connectivity index is 1.69. The van der Waals surface area contributed by atoms with Crippen LogP contribution in [0.5, 0.6) is 0 Å². The number of anilines is 2. The molecule has 3 N–H and O–H groups in total. The minimum Gasteiger partial charge on any atom is -0.399 e. The summed E-state index contributed by atoms with van der Waals surface area (Å²) in [4.78, 5) is 4.58. The van der Waals surface area contributed by atoms with Crippen molar-refractivity contribution in [2.24, 2.45) is 10.2 Å². The molecule has 0 bridgehead atoms. The minimum atomic E-state index is -3.82. The molecule has 0 saturated heterocycles. The zero-order valence-electron chi connectivity index (χ0n) is 16.6. The lowest BCUT2D eigenvalue weighted by Gasteiger charge is -2.05. The third-order valence-corrected chi connectivity index (χ3v) is 6.70. The largest absolute Gasteiger partial charge is 0.399 e. The normalized spacial score (nSPS) is 11.6. The van der Waals surface area contributed by atoms with Gasteiger partial charge in [0.1, 0.15) is 5.69 Å². The lowest BCUT2D eigenvalue weighted by atomic mass is 10.2. The molecule has 0 amide bonds. The first-order chi connectivity index (χ1) is 14.9. The van der Waals surface area contributed by atoms with Crippen LogP contribution in [-0.2, 0) is 10.0 Å². The predicted octanol–water partition coefficient (Wildman–Crippen LogP) is 5.92. The fourth-order valence-corrected chi connectivity index (χ4v) is 4.79. The summed E-state index contributed by atoms with van der Waals surface area (Å²) in [5.41, 5.74) is 9.32. The van der Waals surface area contributed by atoms with Crippen LogP contribution in [0.25, 0.3) is 11.3 Å². The number of aromatic nitrogens is 1. The van der Waals surface area contributed by atoms with Gasteiger partial charge in [-0.15, -0.1) is 10.2 Å². The monoisotopic (exact) mass is 449 g/mol. The summed E-state index contributed by atoms with van der Waals surface area (Å²) >= 11 is 1.11. The van der Waals surface area contributed by atoms with Crippen molar-refractivity contribution in [2.45, 2.75) is 11.8 Å². The van der Waals surface area contributed by atoms with Crippen LogP contribution < -0.4 is 10.5 Å². The van der Waals surface area contributed by atoms with Crippen LogP contribution >= 0.6 is 11.3 Å². The molecule has 7 nitrogen and oxygen atoms in total. The number of hydrogen-bond acceptors (Lipinski definition) is 7. The molecular weight excluding hydrogens is 430 g/mol. The maximum atomic E-state index is 12.7. The first-order valence-corrected chi connectivity index (χ1v) is 11.6. The van der Waals surface area contributed by atoms with Gasteiger partial charge in [-0.1, -0.05) is 59.4 Å². The van der Waals surface area contributed by atoms with Gasteiger partial charge in [-0.05, 0) is 43.3 Å². The van der Waals surface area contributed by atoms with Gasteiger partial charge in [0.25, 0.3) is 10.0 Å². The fourth-order valence-electron chi connectivity index (χ4n) is 2.74. The number of nitrogens with one attached hydrogen (secondary N) is 1. The van der Waals surface area contributed by atoms with E-state index in [9.17, 15) is 8.42 Å². The molecule has 31 heavy (non-hydrogen) atoms. The molecule has 0 fully saturated rings. The van der Waals surface area contributed by atoms with Crippen molar-refractivity contribution in [1.29, 1.82) is 0 Å². The Bertz CT molecular complexity index is 1310. The highest BCUT2D eigenvalue weighted by Gasteiger charge is 2.19. The molecule has 0 radical (unpaired) electrons. The highest BCUT2D eigenvalue weighted by atomic mass is 32.2. The van der Waals surface area contributed by atoms with Crippen molar-refractivity contribution < 1.29 is 8.42 Å². The van der Waals surface area contributed by atoms with Crippen LogP contribution in [0.3, 0.4) is 0 Å². The van der Waals surface area contributed by atoms with E-state index in [0.29, 0.717) is 22.1 Å². The van der Waals surface area contributed by atoms with Gasteiger partial charge in [0.2, 0.25) is 0 Å². The number of nitrogens with two attached hydrogens (primary N) is 1. The van der Waals surface area contributed by atoms with Crippen molar-refractivity contribution in [3.05, 3.63) is 84.4 Å². The summed E-state index contributed by atoms with van der Waals surface area (Å²) in [6, 6.07) is 23.0. The molecule has 0 atom stereocenters. The Hall–Kier alpha value is -3.56. The summed E-state index contributed by atoms with van der Waals surface area (Å²) in [6.07, 6.45) is 0. The number of azo groups is 1. The summed E-state index contributed by atoms with van der Waals surface area (Å²) in [5.74, 6) is 0. The minimum absolute atomic E-state index is 0.0981. The second-order valence-electron chi connectivity index (χ2n) is 6.75. The van der Waals surface area contributed by atoms with Crippen molar-refractivity contribution in [2.75, 3.05) is 10.5 Å². The van der Waals surface area contributed by atoms with E-state index < -0.39 is 10.0 Å². The molecule has 0 unspecified atom stereocenters. The molecule has 0 aliphatic carbocycles. The molecule has 0 aliphatic rings. The molecule has 4 rings (SSSR count). The molecule has 0 aliphatic heterocycles. The number of thiazole rings is 1. The van der Waals surface area contributed by atoms with Crippen LogP contribution in [0.1, 0.15) is 5.56 Å². The lowest BCUT2D eigenvalue weighted by molar-refractivity contribution is 0.601. The Labute approximate surface area is 184 Å². The number of benzene rings is 3. The number of sulfonamides is 1.